The van der Waals surface area contributed by atoms with Crippen molar-refractivity contribution >= 4 is 40.2 Å². The number of anilines is 1. The Labute approximate surface area is 193 Å². The van der Waals surface area contributed by atoms with Gasteiger partial charge >= 0.3 is 12.0 Å². The number of hydrogen-bond donors (Lipinski definition) is 2. The largest absolute Gasteiger partial charge is 0.480 e. The van der Waals surface area contributed by atoms with Crippen LogP contribution in [-0.2, 0) is 9.53 Å². The Hall–Kier alpha value is -1.32. The minimum absolute atomic E-state index is 0.0658. The highest BCUT2D eigenvalue weighted by atomic mass is 32.2. The number of amides is 2. The highest BCUT2D eigenvalue weighted by molar-refractivity contribution is 8.02. The van der Waals surface area contributed by atoms with Gasteiger partial charge in [-0.3, -0.25) is 10.1 Å². The molecule has 7 nitrogen and oxygen atoms in total. The molecule has 0 spiro atoms. The average Bonchev–Trinajstić information content (AvgIpc) is 3.00. The average molecular weight is 470 g/mol. The predicted octanol–water partition coefficient (Wildman–Crippen LogP) is 5.61. The lowest BCUT2D eigenvalue weighted by atomic mass is 9.90. The highest BCUT2D eigenvalue weighted by Crippen LogP contribution is 2.34. The summed E-state index contributed by atoms with van der Waals surface area (Å²) in [6.45, 7) is 4.43. The summed E-state index contributed by atoms with van der Waals surface area (Å²) in [5.41, 5.74) is 0. The molecule has 174 valence electrons. The number of thioether (sulfide) groups is 1. The topological polar surface area (TPSA) is 91.8 Å². The van der Waals surface area contributed by atoms with E-state index in [1.807, 2.05) is 6.92 Å². The minimum atomic E-state index is -0.855. The number of thiazole rings is 1. The number of carbonyl (C=O) groups excluding carboxylic acids is 1. The molecule has 0 bridgehead atoms. The summed E-state index contributed by atoms with van der Waals surface area (Å²) in [5.74, 6) is -0.855. The summed E-state index contributed by atoms with van der Waals surface area (Å²) in [7, 11) is 0. The molecule has 2 N–H and O–H groups in total. The second-order valence-electron chi connectivity index (χ2n) is 8.45. The second kappa shape index (κ2) is 12.1. The number of urea groups is 1. The van der Waals surface area contributed by atoms with Gasteiger partial charge in [-0.15, -0.1) is 0 Å². The number of aliphatic carboxylic acids is 1. The number of rotatable bonds is 8. The zero-order chi connectivity index (χ0) is 22.2. The smallest absolute Gasteiger partial charge is 0.324 e. The van der Waals surface area contributed by atoms with Crippen molar-refractivity contribution in [3.63, 3.8) is 0 Å². The summed E-state index contributed by atoms with van der Waals surface area (Å²) in [6, 6.07) is 0.446. The van der Waals surface area contributed by atoms with Crippen molar-refractivity contribution in [2.24, 2.45) is 0 Å². The number of hydrogen-bond acceptors (Lipinski definition) is 6. The van der Waals surface area contributed by atoms with Crippen molar-refractivity contribution in [3.8, 4) is 0 Å². The molecule has 3 rings (SSSR count). The van der Waals surface area contributed by atoms with Crippen LogP contribution in [0.3, 0.4) is 0 Å². The van der Waals surface area contributed by atoms with Gasteiger partial charge in [0.05, 0.1) is 16.5 Å². The highest BCUT2D eigenvalue weighted by Gasteiger charge is 2.34. The Morgan fingerprint density at radius 2 is 1.84 bits per heavy atom. The van der Waals surface area contributed by atoms with Gasteiger partial charge in [0.1, 0.15) is 5.25 Å². The van der Waals surface area contributed by atoms with Crippen LogP contribution in [0.5, 0.6) is 0 Å². The van der Waals surface area contributed by atoms with E-state index in [1.54, 1.807) is 13.1 Å². The van der Waals surface area contributed by atoms with Gasteiger partial charge in [-0.25, -0.2) is 9.78 Å². The van der Waals surface area contributed by atoms with E-state index in [9.17, 15) is 9.59 Å². The Balaban J connectivity index is 1.67. The lowest BCUT2D eigenvalue weighted by Crippen LogP contribution is -2.50. The number of nitrogens with one attached hydrogen (secondary N) is 1. The molecule has 2 saturated carbocycles. The molecule has 1 aromatic heterocycles. The molecule has 31 heavy (non-hydrogen) atoms. The molecule has 0 aromatic carbocycles. The minimum Gasteiger partial charge on any atom is -0.480 e. The van der Waals surface area contributed by atoms with E-state index in [2.05, 4.69) is 15.2 Å². The van der Waals surface area contributed by atoms with Crippen LogP contribution < -0.4 is 5.32 Å². The molecule has 1 atom stereocenters. The molecule has 2 amide bonds. The molecular weight excluding hydrogens is 434 g/mol. The van der Waals surface area contributed by atoms with E-state index in [0.717, 1.165) is 49.3 Å². The molecule has 0 radical (unpaired) electrons. The zero-order valence-electron chi connectivity index (χ0n) is 18.5. The molecule has 9 heteroatoms. The van der Waals surface area contributed by atoms with E-state index in [0.29, 0.717) is 11.2 Å². The van der Waals surface area contributed by atoms with Crippen LogP contribution >= 0.6 is 23.1 Å². The molecule has 1 aromatic rings. The third kappa shape index (κ3) is 7.08. The van der Waals surface area contributed by atoms with Crippen LogP contribution in [0, 0.1) is 0 Å². The van der Waals surface area contributed by atoms with Crippen LogP contribution in [0.1, 0.15) is 78.1 Å². The molecule has 2 aliphatic rings. The lowest BCUT2D eigenvalue weighted by Gasteiger charge is -2.41. The number of carbonyl (C=O) groups is 2. The van der Waals surface area contributed by atoms with Crippen molar-refractivity contribution in [3.05, 3.63) is 6.20 Å². The maximum Gasteiger partial charge on any atom is 0.324 e. The van der Waals surface area contributed by atoms with Crippen molar-refractivity contribution < 1.29 is 19.4 Å². The van der Waals surface area contributed by atoms with Gasteiger partial charge in [0.15, 0.2) is 5.13 Å². The first kappa shape index (κ1) is 24.3. The predicted molar refractivity (Wildman–Crippen MR) is 125 cm³/mol. The van der Waals surface area contributed by atoms with Crippen molar-refractivity contribution in [1.82, 2.24) is 9.88 Å². The second-order valence-corrected chi connectivity index (χ2v) is 11.1. The lowest BCUT2D eigenvalue weighted by molar-refractivity contribution is -0.136. The fourth-order valence-corrected chi connectivity index (χ4v) is 6.61. The fraction of sp³-hybridized carbons (Fsp3) is 0.773. The van der Waals surface area contributed by atoms with Crippen LogP contribution in [0.15, 0.2) is 10.4 Å². The van der Waals surface area contributed by atoms with Gasteiger partial charge < -0.3 is 14.7 Å². The van der Waals surface area contributed by atoms with Gasteiger partial charge in [-0.05, 0) is 52.4 Å². The summed E-state index contributed by atoms with van der Waals surface area (Å²) in [6.07, 6.45) is 12.9. The van der Waals surface area contributed by atoms with Gasteiger partial charge in [-0.1, -0.05) is 48.8 Å². The third-order valence-electron chi connectivity index (χ3n) is 6.23. The quantitative estimate of drug-likeness (QED) is 0.380. The fourth-order valence-electron chi connectivity index (χ4n) is 4.64. The Morgan fingerprint density at radius 1 is 1.19 bits per heavy atom. The normalized spacial score (nSPS) is 23.7. The van der Waals surface area contributed by atoms with Crippen molar-refractivity contribution in [1.29, 1.82) is 0 Å². The molecular formula is C22H35N3O4S2. The number of carboxylic acids is 1. The molecule has 0 aliphatic heterocycles. The molecule has 0 saturated heterocycles. The van der Waals surface area contributed by atoms with Crippen LogP contribution in [0.25, 0.3) is 0 Å². The van der Waals surface area contributed by atoms with Crippen LogP contribution in [0.4, 0.5) is 9.93 Å². The van der Waals surface area contributed by atoms with Gasteiger partial charge in [0, 0.05) is 18.7 Å². The zero-order valence-corrected chi connectivity index (χ0v) is 20.2. The maximum absolute atomic E-state index is 13.4. The molecule has 1 unspecified atom stereocenters. The monoisotopic (exact) mass is 469 g/mol. The first-order chi connectivity index (χ1) is 15.0. The van der Waals surface area contributed by atoms with Crippen molar-refractivity contribution in [2.45, 2.75) is 106 Å². The first-order valence-corrected chi connectivity index (χ1v) is 13.2. The first-order valence-electron chi connectivity index (χ1n) is 11.5. The van der Waals surface area contributed by atoms with E-state index < -0.39 is 11.2 Å². The van der Waals surface area contributed by atoms with Crippen molar-refractivity contribution in [2.75, 3.05) is 11.9 Å². The van der Waals surface area contributed by atoms with Gasteiger partial charge in [0.25, 0.3) is 0 Å². The van der Waals surface area contributed by atoms with E-state index in [4.69, 9.17) is 9.84 Å². The van der Waals surface area contributed by atoms with E-state index >= 15 is 0 Å². The Kier molecular flexibility index (Phi) is 9.47. The SMILES string of the molecule is CCOC1CCC(N(C(=O)Nc2ncc(SC(C)C(=O)O)s2)C2CCCCCC2)CC1. The van der Waals surface area contributed by atoms with Crippen LogP contribution in [0.2, 0.25) is 0 Å². The third-order valence-corrected chi connectivity index (χ3v) is 8.37. The van der Waals surface area contributed by atoms with Crippen LogP contribution in [-0.4, -0.2) is 57.0 Å². The Bertz CT molecular complexity index is 713. The van der Waals surface area contributed by atoms with E-state index in [1.165, 1.54) is 48.8 Å². The number of carboxylic acid groups (broad SMARTS) is 1. The van der Waals surface area contributed by atoms with E-state index in [-0.39, 0.29) is 18.1 Å². The standard InChI is InChI=1S/C22H35N3O4S2/c1-3-29-18-12-10-17(11-13-18)25(16-8-6-4-5-7-9-16)22(28)24-21-23-14-19(31-21)30-15(2)20(26)27/h14-18H,3-13H2,1-2H3,(H,26,27)(H,23,24,28). The molecule has 2 fully saturated rings. The summed E-state index contributed by atoms with van der Waals surface area (Å²) >= 11 is 2.59. The number of aromatic nitrogens is 1. The summed E-state index contributed by atoms with van der Waals surface area (Å²) in [5, 5.41) is 12.1. The van der Waals surface area contributed by atoms with Gasteiger partial charge in [0.2, 0.25) is 0 Å². The maximum atomic E-state index is 13.4. The Morgan fingerprint density at radius 3 is 2.45 bits per heavy atom. The summed E-state index contributed by atoms with van der Waals surface area (Å²) < 4.78 is 6.61. The van der Waals surface area contributed by atoms with Gasteiger partial charge in [-0.2, -0.15) is 0 Å². The summed E-state index contributed by atoms with van der Waals surface area (Å²) in [4.78, 5) is 31.0. The number of nitrogens with zero attached hydrogens (tertiary/aromatic N) is 2. The number of ether oxygens (including phenoxy) is 1. The molecule has 2 aliphatic carbocycles. The molecule has 1 heterocycles.